The maximum atomic E-state index is 12.6. The standard InChI is InChI=1S/C22H22N2O4S/c1-26-19-8-7-14(11-20(19)27-2)22-23-15(13-29-22)12-21(25)24-17-9-10-28-18-6-4-3-5-16(17)18/h3-8,11,13,17H,9-10,12H2,1-2H3,(H,24,25)/t17-/m1/s1. The Morgan fingerprint density at radius 2 is 2.03 bits per heavy atom. The molecular weight excluding hydrogens is 388 g/mol. The van der Waals surface area contributed by atoms with Crippen molar-refractivity contribution in [3.05, 3.63) is 59.1 Å². The minimum atomic E-state index is -0.0455. The number of para-hydroxylation sites is 1. The molecule has 0 saturated heterocycles. The number of hydrogen-bond donors (Lipinski definition) is 1. The lowest BCUT2D eigenvalue weighted by Gasteiger charge is -2.26. The quantitative estimate of drug-likeness (QED) is 0.665. The molecule has 1 atom stereocenters. The third kappa shape index (κ3) is 4.19. The average molecular weight is 410 g/mol. The predicted octanol–water partition coefficient (Wildman–Crippen LogP) is 4.01. The van der Waals surface area contributed by atoms with E-state index in [9.17, 15) is 4.79 Å². The summed E-state index contributed by atoms with van der Waals surface area (Å²) in [7, 11) is 3.21. The van der Waals surface area contributed by atoms with Crippen LogP contribution in [0.25, 0.3) is 10.6 Å². The van der Waals surface area contributed by atoms with Crippen LogP contribution in [0.15, 0.2) is 47.8 Å². The molecular formula is C22H22N2O4S. The topological polar surface area (TPSA) is 69.7 Å². The van der Waals surface area contributed by atoms with Crippen LogP contribution in [0.5, 0.6) is 17.2 Å². The highest BCUT2D eigenvalue weighted by Gasteiger charge is 2.23. The molecule has 1 N–H and O–H groups in total. The number of fused-ring (bicyclic) bond motifs is 1. The normalized spacial score (nSPS) is 15.2. The number of hydrogen-bond acceptors (Lipinski definition) is 6. The first-order valence-corrected chi connectivity index (χ1v) is 10.2. The van der Waals surface area contributed by atoms with E-state index >= 15 is 0 Å². The molecule has 7 heteroatoms. The molecule has 0 spiro atoms. The van der Waals surface area contributed by atoms with Gasteiger partial charge in [0.2, 0.25) is 5.91 Å². The van der Waals surface area contributed by atoms with E-state index < -0.39 is 0 Å². The highest BCUT2D eigenvalue weighted by atomic mass is 32.1. The van der Waals surface area contributed by atoms with Crippen LogP contribution in [0.2, 0.25) is 0 Å². The van der Waals surface area contributed by atoms with Crippen LogP contribution in [0.1, 0.15) is 23.7 Å². The number of nitrogens with zero attached hydrogens (tertiary/aromatic N) is 1. The lowest BCUT2D eigenvalue weighted by molar-refractivity contribution is -0.121. The molecule has 1 aliphatic heterocycles. The van der Waals surface area contributed by atoms with Gasteiger partial charge in [-0.2, -0.15) is 0 Å². The SMILES string of the molecule is COc1ccc(-c2nc(CC(=O)N[C@@H]3CCOc4ccccc43)cs2)cc1OC. The van der Waals surface area contributed by atoms with Gasteiger partial charge in [0.25, 0.3) is 0 Å². The highest BCUT2D eigenvalue weighted by molar-refractivity contribution is 7.13. The summed E-state index contributed by atoms with van der Waals surface area (Å²) in [5, 5.41) is 5.87. The lowest BCUT2D eigenvalue weighted by atomic mass is 10.0. The van der Waals surface area contributed by atoms with Crippen molar-refractivity contribution < 1.29 is 19.0 Å². The van der Waals surface area contributed by atoms with Crippen LogP contribution in [0.4, 0.5) is 0 Å². The molecule has 3 aromatic rings. The predicted molar refractivity (Wildman–Crippen MR) is 112 cm³/mol. The number of thiazole rings is 1. The summed E-state index contributed by atoms with van der Waals surface area (Å²) in [6.45, 7) is 0.599. The molecule has 2 heterocycles. The molecule has 150 valence electrons. The third-order valence-corrected chi connectivity index (χ3v) is 5.76. The number of amides is 1. The van der Waals surface area contributed by atoms with E-state index in [2.05, 4.69) is 10.3 Å². The van der Waals surface area contributed by atoms with Gasteiger partial charge in [-0.25, -0.2) is 4.98 Å². The van der Waals surface area contributed by atoms with Crippen molar-refractivity contribution in [1.29, 1.82) is 0 Å². The monoisotopic (exact) mass is 410 g/mol. The van der Waals surface area contributed by atoms with Crippen LogP contribution in [-0.2, 0) is 11.2 Å². The minimum Gasteiger partial charge on any atom is -0.493 e. The first kappa shape index (κ1) is 19.3. The zero-order valence-electron chi connectivity index (χ0n) is 16.3. The van der Waals surface area contributed by atoms with E-state index in [0.717, 1.165) is 34.0 Å². The second-order valence-electron chi connectivity index (χ2n) is 6.69. The summed E-state index contributed by atoms with van der Waals surface area (Å²) in [6.07, 6.45) is 1.00. The van der Waals surface area contributed by atoms with E-state index in [1.807, 2.05) is 47.8 Å². The van der Waals surface area contributed by atoms with Crippen molar-refractivity contribution in [2.24, 2.45) is 0 Å². The Balaban J connectivity index is 1.44. The number of nitrogens with one attached hydrogen (secondary N) is 1. The van der Waals surface area contributed by atoms with Crippen LogP contribution in [0.3, 0.4) is 0 Å². The Morgan fingerprint density at radius 1 is 1.21 bits per heavy atom. The fraction of sp³-hybridized carbons (Fsp3) is 0.273. The summed E-state index contributed by atoms with van der Waals surface area (Å²) in [6, 6.07) is 13.5. The van der Waals surface area contributed by atoms with Crippen LogP contribution >= 0.6 is 11.3 Å². The Morgan fingerprint density at radius 3 is 2.86 bits per heavy atom. The lowest BCUT2D eigenvalue weighted by Crippen LogP contribution is -2.33. The van der Waals surface area contributed by atoms with Gasteiger partial charge < -0.3 is 19.5 Å². The van der Waals surface area contributed by atoms with Gasteiger partial charge in [-0.05, 0) is 24.3 Å². The molecule has 0 bridgehead atoms. The second kappa shape index (κ2) is 8.53. The van der Waals surface area contributed by atoms with Gasteiger partial charge in [0.15, 0.2) is 11.5 Å². The molecule has 0 aliphatic carbocycles. The Labute approximate surface area is 173 Å². The second-order valence-corrected chi connectivity index (χ2v) is 7.54. The van der Waals surface area contributed by atoms with Gasteiger partial charge in [-0.15, -0.1) is 11.3 Å². The van der Waals surface area contributed by atoms with E-state index in [1.54, 1.807) is 14.2 Å². The maximum Gasteiger partial charge on any atom is 0.226 e. The van der Waals surface area contributed by atoms with Crippen molar-refractivity contribution in [3.8, 4) is 27.8 Å². The summed E-state index contributed by atoms with van der Waals surface area (Å²) in [5.74, 6) is 2.12. The van der Waals surface area contributed by atoms with Gasteiger partial charge in [0.1, 0.15) is 10.8 Å². The minimum absolute atomic E-state index is 0.0311. The van der Waals surface area contributed by atoms with Gasteiger partial charge in [0, 0.05) is 22.9 Å². The number of carbonyl (C=O) groups excluding carboxylic acids is 1. The molecule has 0 radical (unpaired) electrons. The Kier molecular flexibility index (Phi) is 5.67. The van der Waals surface area contributed by atoms with Crippen molar-refractivity contribution in [3.63, 3.8) is 0 Å². The maximum absolute atomic E-state index is 12.6. The first-order valence-electron chi connectivity index (χ1n) is 9.36. The van der Waals surface area contributed by atoms with Crippen molar-refractivity contribution in [2.75, 3.05) is 20.8 Å². The summed E-state index contributed by atoms with van der Waals surface area (Å²) in [5.41, 5.74) is 2.70. The third-order valence-electron chi connectivity index (χ3n) is 4.82. The van der Waals surface area contributed by atoms with Crippen LogP contribution < -0.4 is 19.5 Å². The summed E-state index contributed by atoms with van der Waals surface area (Å²) < 4.78 is 16.3. The molecule has 29 heavy (non-hydrogen) atoms. The van der Waals surface area contributed by atoms with Gasteiger partial charge in [-0.1, -0.05) is 18.2 Å². The zero-order chi connectivity index (χ0) is 20.2. The largest absolute Gasteiger partial charge is 0.493 e. The van der Waals surface area contributed by atoms with Gasteiger partial charge in [0.05, 0.1) is 39.0 Å². The summed E-state index contributed by atoms with van der Waals surface area (Å²) >= 11 is 1.50. The highest BCUT2D eigenvalue weighted by Crippen LogP contribution is 2.34. The van der Waals surface area contributed by atoms with Gasteiger partial charge >= 0.3 is 0 Å². The molecule has 1 amide bonds. The number of rotatable bonds is 6. The molecule has 4 rings (SSSR count). The molecule has 6 nitrogen and oxygen atoms in total. The molecule has 0 unspecified atom stereocenters. The van der Waals surface area contributed by atoms with E-state index in [-0.39, 0.29) is 18.4 Å². The van der Waals surface area contributed by atoms with Crippen molar-refractivity contribution in [1.82, 2.24) is 10.3 Å². The van der Waals surface area contributed by atoms with Crippen molar-refractivity contribution in [2.45, 2.75) is 18.9 Å². The molecule has 1 aromatic heterocycles. The number of carbonyl (C=O) groups is 1. The smallest absolute Gasteiger partial charge is 0.226 e. The average Bonchev–Trinajstić information content (AvgIpc) is 3.21. The van der Waals surface area contributed by atoms with E-state index in [1.165, 1.54) is 11.3 Å². The molecule has 1 aliphatic rings. The summed E-state index contributed by atoms with van der Waals surface area (Å²) in [4.78, 5) is 17.2. The number of ether oxygens (including phenoxy) is 3. The number of benzene rings is 2. The molecule has 2 aromatic carbocycles. The number of methoxy groups -OCH3 is 2. The molecule has 0 saturated carbocycles. The molecule has 0 fully saturated rings. The van der Waals surface area contributed by atoms with E-state index in [0.29, 0.717) is 18.1 Å². The van der Waals surface area contributed by atoms with Crippen LogP contribution in [-0.4, -0.2) is 31.7 Å². The Bertz CT molecular complexity index is 1020. The fourth-order valence-electron chi connectivity index (χ4n) is 3.39. The van der Waals surface area contributed by atoms with E-state index in [4.69, 9.17) is 14.2 Å². The van der Waals surface area contributed by atoms with Crippen molar-refractivity contribution >= 4 is 17.2 Å². The fourth-order valence-corrected chi connectivity index (χ4v) is 4.21. The first-order chi connectivity index (χ1) is 14.2. The van der Waals surface area contributed by atoms with Gasteiger partial charge in [-0.3, -0.25) is 4.79 Å². The number of aromatic nitrogens is 1. The zero-order valence-corrected chi connectivity index (χ0v) is 17.1. The van der Waals surface area contributed by atoms with Crippen LogP contribution in [0, 0.1) is 0 Å². The Hall–Kier alpha value is -3.06.